The van der Waals surface area contributed by atoms with Gasteiger partial charge in [-0.25, -0.2) is 4.79 Å². The maximum Gasteiger partial charge on any atom is 0.328 e. The Kier molecular flexibility index (Phi) is 6.32. The van der Waals surface area contributed by atoms with Crippen molar-refractivity contribution in [2.75, 3.05) is 11.9 Å². The number of hydrogen-bond donors (Lipinski definition) is 2. The van der Waals surface area contributed by atoms with E-state index >= 15 is 0 Å². The number of amides is 2. The van der Waals surface area contributed by atoms with Crippen LogP contribution < -0.4 is 10.6 Å². The minimum absolute atomic E-state index is 0.120. The van der Waals surface area contributed by atoms with Gasteiger partial charge in [-0.15, -0.1) is 11.3 Å². The van der Waals surface area contributed by atoms with Gasteiger partial charge in [0.2, 0.25) is 5.91 Å². The fraction of sp³-hybridized carbons (Fsp3) is 0.562. The molecule has 0 spiro atoms. The van der Waals surface area contributed by atoms with Crippen molar-refractivity contribution in [1.29, 1.82) is 0 Å². The molecule has 0 bridgehead atoms. The Morgan fingerprint density at radius 3 is 2.43 bits per heavy atom. The number of carbonyl (C=O) groups excluding carboxylic acids is 3. The summed E-state index contributed by atoms with van der Waals surface area (Å²) in [5, 5.41) is 6.01. The number of ether oxygens (including phenoxy) is 1. The van der Waals surface area contributed by atoms with Crippen LogP contribution in [0.25, 0.3) is 0 Å². The second-order valence-corrected chi connectivity index (χ2v) is 7.33. The monoisotopic (exact) mass is 340 g/mol. The molecule has 1 aromatic rings. The van der Waals surface area contributed by atoms with E-state index in [1.807, 2.05) is 20.8 Å². The molecular weight excluding hydrogens is 316 g/mol. The van der Waals surface area contributed by atoms with Crippen LogP contribution in [0.5, 0.6) is 0 Å². The molecule has 128 valence electrons. The van der Waals surface area contributed by atoms with Crippen molar-refractivity contribution >= 4 is 34.1 Å². The standard InChI is InChI=1S/C16H24N2O4S/c1-7-22-14(20)10(3)17-13(19)12-9(2)8-11(23-12)18-15(21)16(4,5)6/h8,10H,7H2,1-6H3,(H,17,19)(H,18,21)/t10-/m1/s1. The molecule has 1 atom stereocenters. The zero-order chi connectivity index (χ0) is 17.8. The smallest absolute Gasteiger partial charge is 0.328 e. The summed E-state index contributed by atoms with van der Waals surface area (Å²) in [6.45, 7) is 10.8. The summed E-state index contributed by atoms with van der Waals surface area (Å²) in [7, 11) is 0. The number of thiophene rings is 1. The summed E-state index contributed by atoms with van der Waals surface area (Å²) in [5.41, 5.74) is 0.228. The highest BCUT2D eigenvalue weighted by Gasteiger charge is 2.24. The lowest BCUT2D eigenvalue weighted by Crippen LogP contribution is -2.39. The molecular formula is C16H24N2O4S. The van der Waals surface area contributed by atoms with E-state index in [0.717, 1.165) is 5.56 Å². The van der Waals surface area contributed by atoms with E-state index in [9.17, 15) is 14.4 Å². The van der Waals surface area contributed by atoms with Crippen molar-refractivity contribution in [1.82, 2.24) is 5.32 Å². The Bertz CT molecular complexity index is 602. The third-order valence-electron chi connectivity index (χ3n) is 3.03. The predicted molar refractivity (Wildman–Crippen MR) is 90.7 cm³/mol. The summed E-state index contributed by atoms with van der Waals surface area (Å²) in [4.78, 5) is 36.3. The first-order chi connectivity index (χ1) is 10.6. The van der Waals surface area contributed by atoms with Gasteiger partial charge in [-0.3, -0.25) is 9.59 Å². The molecule has 6 nitrogen and oxygen atoms in total. The average Bonchev–Trinajstić information content (AvgIpc) is 2.78. The average molecular weight is 340 g/mol. The van der Waals surface area contributed by atoms with Crippen LogP contribution in [0.4, 0.5) is 5.00 Å². The molecule has 1 heterocycles. The van der Waals surface area contributed by atoms with Gasteiger partial charge >= 0.3 is 5.97 Å². The van der Waals surface area contributed by atoms with E-state index in [0.29, 0.717) is 9.88 Å². The molecule has 1 aromatic heterocycles. The Hall–Kier alpha value is -1.89. The normalized spacial score (nSPS) is 12.4. The van der Waals surface area contributed by atoms with Crippen molar-refractivity contribution < 1.29 is 19.1 Å². The van der Waals surface area contributed by atoms with E-state index < -0.39 is 17.4 Å². The minimum atomic E-state index is -0.725. The van der Waals surface area contributed by atoms with Crippen LogP contribution in [0.1, 0.15) is 49.9 Å². The zero-order valence-electron chi connectivity index (χ0n) is 14.4. The molecule has 2 N–H and O–H groups in total. The molecule has 1 rings (SSSR count). The molecule has 0 saturated carbocycles. The Labute approximate surface area is 140 Å². The van der Waals surface area contributed by atoms with Crippen molar-refractivity contribution in [2.24, 2.45) is 5.41 Å². The van der Waals surface area contributed by atoms with Crippen LogP contribution in [0.15, 0.2) is 6.07 Å². The van der Waals surface area contributed by atoms with Crippen LogP contribution in [0.3, 0.4) is 0 Å². The van der Waals surface area contributed by atoms with E-state index in [1.165, 1.54) is 11.3 Å². The maximum atomic E-state index is 12.3. The lowest BCUT2D eigenvalue weighted by molar-refractivity contribution is -0.144. The molecule has 7 heteroatoms. The van der Waals surface area contributed by atoms with Gasteiger partial charge in [0, 0.05) is 5.41 Å². The van der Waals surface area contributed by atoms with Crippen LogP contribution in [-0.4, -0.2) is 30.4 Å². The van der Waals surface area contributed by atoms with Crippen molar-refractivity contribution in [3.63, 3.8) is 0 Å². The van der Waals surface area contributed by atoms with Crippen LogP contribution >= 0.6 is 11.3 Å². The third-order valence-corrected chi connectivity index (χ3v) is 4.18. The van der Waals surface area contributed by atoms with E-state index in [-0.39, 0.29) is 18.4 Å². The number of carbonyl (C=O) groups is 3. The number of hydrogen-bond acceptors (Lipinski definition) is 5. The molecule has 0 radical (unpaired) electrons. The van der Waals surface area contributed by atoms with Gasteiger partial charge in [-0.05, 0) is 32.4 Å². The summed E-state index contributed by atoms with van der Waals surface area (Å²) in [5.74, 6) is -0.953. The summed E-state index contributed by atoms with van der Waals surface area (Å²) in [6, 6.07) is 1.02. The quantitative estimate of drug-likeness (QED) is 0.807. The van der Waals surface area contributed by atoms with Gasteiger partial charge in [0.25, 0.3) is 5.91 Å². The first kappa shape index (κ1) is 19.2. The van der Waals surface area contributed by atoms with Gasteiger partial charge in [0.15, 0.2) is 0 Å². The minimum Gasteiger partial charge on any atom is -0.464 e. The lowest BCUT2D eigenvalue weighted by Gasteiger charge is -2.16. The molecule has 0 aromatic carbocycles. The summed E-state index contributed by atoms with van der Waals surface area (Å²) in [6.07, 6.45) is 0. The predicted octanol–water partition coefficient (Wildman–Crippen LogP) is 2.72. The molecule has 0 saturated heterocycles. The fourth-order valence-electron chi connectivity index (χ4n) is 1.66. The first-order valence-corrected chi connectivity index (χ1v) is 8.27. The van der Waals surface area contributed by atoms with Gasteiger partial charge < -0.3 is 15.4 Å². The van der Waals surface area contributed by atoms with Crippen molar-refractivity contribution in [3.8, 4) is 0 Å². The lowest BCUT2D eigenvalue weighted by atomic mass is 9.96. The highest BCUT2D eigenvalue weighted by molar-refractivity contribution is 7.18. The molecule has 0 unspecified atom stereocenters. The number of rotatable bonds is 5. The van der Waals surface area contributed by atoms with Crippen LogP contribution in [0, 0.1) is 12.3 Å². The third kappa shape index (κ3) is 5.35. The maximum absolute atomic E-state index is 12.3. The molecule has 0 fully saturated rings. The van der Waals surface area contributed by atoms with Gasteiger partial charge in [-0.1, -0.05) is 20.8 Å². The van der Waals surface area contributed by atoms with Crippen LogP contribution in [0.2, 0.25) is 0 Å². The largest absolute Gasteiger partial charge is 0.464 e. The number of esters is 1. The van der Waals surface area contributed by atoms with Gasteiger partial charge in [0.05, 0.1) is 16.5 Å². The SMILES string of the molecule is CCOC(=O)[C@@H](C)NC(=O)c1sc(NC(=O)C(C)(C)C)cc1C. The van der Waals surface area contributed by atoms with E-state index in [4.69, 9.17) is 4.74 Å². The van der Waals surface area contributed by atoms with Crippen molar-refractivity contribution in [2.45, 2.75) is 47.6 Å². The Morgan fingerprint density at radius 1 is 1.30 bits per heavy atom. The fourth-order valence-corrected chi connectivity index (χ4v) is 2.63. The van der Waals surface area contributed by atoms with Gasteiger partial charge in [-0.2, -0.15) is 0 Å². The Morgan fingerprint density at radius 2 is 1.91 bits per heavy atom. The topological polar surface area (TPSA) is 84.5 Å². The Balaban J connectivity index is 2.80. The molecule has 23 heavy (non-hydrogen) atoms. The van der Waals surface area contributed by atoms with Gasteiger partial charge in [0.1, 0.15) is 6.04 Å². The highest BCUT2D eigenvalue weighted by Crippen LogP contribution is 2.28. The molecule has 0 aliphatic carbocycles. The summed E-state index contributed by atoms with van der Waals surface area (Å²) >= 11 is 1.18. The van der Waals surface area contributed by atoms with Crippen molar-refractivity contribution in [3.05, 3.63) is 16.5 Å². The van der Waals surface area contributed by atoms with Crippen LogP contribution in [-0.2, 0) is 14.3 Å². The first-order valence-electron chi connectivity index (χ1n) is 7.45. The number of nitrogens with one attached hydrogen (secondary N) is 2. The number of anilines is 1. The molecule has 0 aliphatic rings. The second kappa shape index (κ2) is 7.59. The highest BCUT2D eigenvalue weighted by atomic mass is 32.1. The van der Waals surface area contributed by atoms with E-state index in [2.05, 4.69) is 10.6 Å². The second-order valence-electron chi connectivity index (χ2n) is 6.27. The van der Waals surface area contributed by atoms with E-state index in [1.54, 1.807) is 26.8 Å². The molecule has 0 aliphatic heterocycles. The zero-order valence-corrected chi connectivity index (χ0v) is 15.2. The number of aryl methyl sites for hydroxylation is 1. The summed E-state index contributed by atoms with van der Waals surface area (Å²) < 4.78 is 4.86. The molecule has 2 amide bonds.